The maximum absolute atomic E-state index is 6.35. The van der Waals surface area contributed by atoms with Gasteiger partial charge in [0.05, 0.1) is 13.2 Å². The smallest absolute Gasteiger partial charge is 0.161 e. The molecule has 5 heteroatoms. The van der Waals surface area contributed by atoms with Crippen LogP contribution in [0.3, 0.4) is 0 Å². The van der Waals surface area contributed by atoms with E-state index in [1.165, 1.54) is 24.0 Å². The summed E-state index contributed by atoms with van der Waals surface area (Å²) in [5.74, 6) is 4.39. The van der Waals surface area contributed by atoms with Crippen molar-refractivity contribution in [3.8, 4) is 23.0 Å². The van der Waals surface area contributed by atoms with Crippen LogP contribution in [0.25, 0.3) is 0 Å². The third-order valence-corrected chi connectivity index (χ3v) is 7.42. The summed E-state index contributed by atoms with van der Waals surface area (Å²) >= 11 is 5.99. The van der Waals surface area contributed by atoms with E-state index in [2.05, 4.69) is 41.7 Å². The molecule has 184 valence electrons. The molecule has 0 unspecified atom stereocenters. The SMILES string of the molecule is COc1ccc([C@H]2CNC[C@@H](Cc3cccc(Oc4ccc(Cl)cc4)c3)C2)cc1OC1CCCC1. The van der Waals surface area contributed by atoms with Crippen molar-refractivity contribution in [1.29, 1.82) is 0 Å². The lowest BCUT2D eigenvalue weighted by atomic mass is 9.82. The molecule has 2 fully saturated rings. The lowest BCUT2D eigenvalue weighted by molar-refractivity contribution is 0.200. The molecule has 5 rings (SSSR count). The minimum absolute atomic E-state index is 0.318. The van der Waals surface area contributed by atoms with Gasteiger partial charge < -0.3 is 19.5 Å². The Kier molecular flexibility index (Phi) is 7.80. The van der Waals surface area contributed by atoms with Crippen molar-refractivity contribution in [2.45, 2.75) is 50.5 Å². The number of benzene rings is 3. The molecular formula is C30H34ClNO3. The molecule has 0 spiro atoms. The fourth-order valence-corrected chi connectivity index (χ4v) is 5.50. The number of methoxy groups -OCH3 is 1. The van der Waals surface area contributed by atoms with Crippen LogP contribution in [-0.4, -0.2) is 26.3 Å². The van der Waals surface area contributed by atoms with Gasteiger partial charge in [-0.3, -0.25) is 0 Å². The summed E-state index contributed by atoms with van der Waals surface area (Å²) in [6.45, 7) is 2.02. The number of hydrogen-bond donors (Lipinski definition) is 1. The largest absolute Gasteiger partial charge is 0.493 e. The highest BCUT2D eigenvalue weighted by Crippen LogP contribution is 2.37. The third kappa shape index (κ3) is 6.31. The topological polar surface area (TPSA) is 39.7 Å². The predicted octanol–water partition coefficient (Wildman–Crippen LogP) is 7.40. The van der Waals surface area contributed by atoms with Crippen LogP contribution in [0.2, 0.25) is 5.02 Å². The molecule has 35 heavy (non-hydrogen) atoms. The van der Waals surface area contributed by atoms with Gasteiger partial charge in [0.25, 0.3) is 0 Å². The highest BCUT2D eigenvalue weighted by atomic mass is 35.5. The van der Waals surface area contributed by atoms with E-state index in [4.69, 9.17) is 25.8 Å². The van der Waals surface area contributed by atoms with Crippen LogP contribution in [0, 0.1) is 5.92 Å². The van der Waals surface area contributed by atoms with Crippen LogP contribution in [0.1, 0.15) is 49.1 Å². The standard InChI is InChI=1S/C30H34ClNO3/c1-33-29-14-9-23(18-30(29)35-26-6-2-3-7-26)24-16-22(19-32-20-24)15-21-5-4-8-28(17-21)34-27-12-10-25(31)11-13-27/h4-5,8-14,17-18,22,24,26,32H,2-3,6-7,15-16,19-20H2,1H3/t22-,24+/m0/s1. The van der Waals surface area contributed by atoms with Gasteiger partial charge in [-0.1, -0.05) is 29.8 Å². The molecule has 2 aliphatic rings. The molecule has 1 aliphatic heterocycles. The van der Waals surface area contributed by atoms with Gasteiger partial charge in [-0.25, -0.2) is 0 Å². The zero-order valence-corrected chi connectivity index (χ0v) is 21.1. The van der Waals surface area contributed by atoms with E-state index in [1.807, 2.05) is 30.3 Å². The molecule has 3 aromatic carbocycles. The summed E-state index contributed by atoms with van der Waals surface area (Å²) in [6, 6.07) is 22.4. The maximum atomic E-state index is 6.35. The van der Waals surface area contributed by atoms with Crippen LogP contribution in [0.5, 0.6) is 23.0 Å². The maximum Gasteiger partial charge on any atom is 0.161 e. The molecule has 0 aromatic heterocycles. The Morgan fingerprint density at radius 1 is 0.886 bits per heavy atom. The van der Waals surface area contributed by atoms with Gasteiger partial charge in [0.15, 0.2) is 11.5 Å². The monoisotopic (exact) mass is 491 g/mol. The van der Waals surface area contributed by atoms with E-state index >= 15 is 0 Å². The molecule has 1 N–H and O–H groups in total. The van der Waals surface area contributed by atoms with E-state index in [-0.39, 0.29) is 0 Å². The van der Waals surface area contributed by atoms with Crippen molar-refractivity contribution >= 4 is 11.6 Å². The Morgan fingerprint density at radius 2 is 1.71 bits per heavy atom. The van der Waals surface area contributed by atoms with Gasteiger partial charge in [0, 0.05) is 11.6 Å². The van der Waals surface area contributed by atoms with E-state index in [1.54, 1.807) is 7.11 Å². The highest BCUT2D eigenvalue weighted by molar-refractivity contribution is 6.30. The number of piperidine rings is 1. The van der Waals surface area contributed by atoms with Gasteiger partial charge in [0.1, 0.15) is 11.5 Å². The van der Waals surface area contributed by atoms with Crippen LogP contribution in [0.4, 0.5) is 0 Å². The summed E-state index contributed by atoms with van der Waals surface area (Å²) in [6.07, 6.45) is 7.27. The number of ether oxygens (including phenoxy) is 3. The molecule has 1 heterocycles. The molecule has 1 saturated carbocycles. The third-order valence-electron chi connectivity index (χ3n) is 7.17. The molecule has 0 radical (unpaired) electrons. The van der Waals surface area contributed by atoms with Gasteiger partial charge in [-0.2, -0.15) is 0 Å². The average Bonchev–Trinajstić information content (AvgIpc) is 3.39. The lowest BCUT2D eigenvalue weighted by Crippen LogP contribution is -2.36. The van der Waals surface area contributed by atoms with E-state index in [0.717, 1.165) is 61.8 Å². The van der Waals surface area contributed by atoms with Crippen molar-refractivity contribution in [3.63, 3.8) is 0 Å². The van der Waals surface area contributed by atoms with Crippen molar-refractivity contribution in [2.75, 3.05) is 20.2 Å². The first-order chi connectivity index (χ1) is 17.2. The van der Waals surface area contributed by atoms with Crippen molar-refractivity contribution < 1.29 is 14.2 Å². The highest BCUT2D eigenvalue weighted by Gasteiger charge is 2.25. The first kappa shape index (κ1) is 24.0. The summed E-state index contributed by atoms with van der Waals surface area (Å²) < 4.78 is 18.0. The first-order valence-electron chi connectivity index (χ1n) is 12.7. The fourth-order valence-electron chi connectivity index (χ4n) is 5.37. The van der Waals surface area contributed by atoms with Crippen molar-refractivity contribution in [1.82, 2.24) is 5.32 Å². The lowest BCUT2D eigenvalue weighted by Gasteiger charge is -2.31. The second-order valence-electron chi connectivity index (χ2n) is 9.80. The number of rotatable bonds is 8. The Hall–Kier alpha value is -2.69. The zero-order valence-electron chi connectivity index (χ0n) is 20.3. The Labute approximate surface area is 213 Å². The van der Waals surface area contributed by atoms with E-state index in [0.29, 0.717) is 23.0 Å². The minimum Gasteiger partial charge on any atom is -0.493 e. The summed E-state index contributed by atoms with van der Waals surface area (Å²) in [4.78, 5) is 0. The second-order valence-corrected chi connectivity index (χ2v) is 10.2. The number of halogens is 1. The Balaban J connectivity index is 1.24. The van der Waals surface area contributed by atoms with Crippen molar-refractivity contribution in [2.24, 2.45) is 5.92 Å². The molecule has 3 aromatic rings. The Morgan fingerprint density at radius 3 is 2.51 bits per heavy atom. The summed E-state index contributed by atoms with van der Waals surface area (Å²) in [5.41, 5.74) is 2.62. The quantitative estimate of drug-likeness (QED) is 0.356. The first-order valence-corrected chi connectivity index (χ1v) is 13.1. The van der Waals surface area contributed by atoms with E-state index in [9.17, 15) is 0 Å². The van der Waals surface area contributed by atoms with Gasteiger partial charge in [-0.15, -0.1) is 0 Å². The predicted molar refractivity (Wildman–Crippen MR) is 141 cm³/mol. The fraction of sp³-hybridized carbons (Fsp3) is 0.400. The van der Waals surface area contributed by atoms with Crippen LogP contribution < -0.4 is 19.5 Å². The van der Waals surface area contributed by atoms with Gasteiger partial charge in [0.2, 0.25) is 0 Å². The average molecular weight is 492 g/mol. The molecule has 1 aliphatic carbocycles. The molecule has 1 saturated heterocycles. The molecule has 0 bridgehead atoms. The normalized spacial score (nSPS) is 20.5. The minimum atomic E-state index is 0.318. The molecule has 4 nitrogen and oxygen atoms in total. The van der Waals surface area contributed by atoms with Crippen LogP contribution in [-0.2, 0) is 6.42 Å². The number of nitrogens with one attached hydrogen (secondary N) is 1. The molecular weight excluding hydrogens is 458 g/mol. The molecule has 2 atom stereocenters. The van der Waals surface area contributed by atoms with Crippen LogP contribution >= 0.6 is 11.6 Å². The summed E-state index contributed by atoms with van der Waals surface area (Å²) in [5, 5.41) is 4.38. The zero-order chi connectivity index (χ0) is 24.0. The Bertz CT molecular complexity index is 1110. The van der Waals surface area contributed by atoms with E-state index < -0.39 is 0 Å². The number of hydrogen-bond acceptors (Lipinski definition) is 4. The summed E-state index contributed by atoms with van der Waals surface area (Å²) in [7, 11) is 1.72. The van der Waals surface area contributed by atoms with Crippen molar-refractivity contribution in [3.05, 3.63) is 82.9 Å². The van der Waals surface area contributed by atoms with Gasteiger partial charge in [-0.05, 0) is 117 Å². The van der Waals surface area contributed by atoms with Gasteiger partial charge >= 0.3 is 0 Å². The second kappa shape index (κ2) is 11.4. The van der Waals surface area contributed by atoms with Crippen LogP contribution in [0.15, 0.2) is 66.7 Å². The molecule has 0 amide bonds.